The van der Waals surface area contributed by atoms with Gasteiger partial charge in [-0.05, 0) is 23.6 Å². The number of para-hydroxylation sites is 3. The van der Waals surface area contributed by atoms with Gasteiger partial charge < -0.3 is 8.80 Å². The molecule has 4 aromatic heterocycles. The van der Waals surface area contributed by atoms with Crippen molar-refractivity contribution in [3.63, 3.8) is 0 Å². The van der Waals surface area contributed by atoms with Crippen LogP contribution in [0.4, 0.5) is 0 Å². The molecule has 54 heavy (non-hydrogen) atoms. The van der Waals surface area contributed by atoms with Crippen LogP contribution < -0.4 is 0 Å². The van der Waals surface area contributed by atoms with Crippen LogP contribution in [0.1, 0.15) is 0 Å². The molecule has 0 aliphatic rings. The van der Waals surface area contributed by atoms with Crippen molar-refractivity contribution < 1.29 is 0 Å². The maximum Gasteiger partial charge on any atom is 0.164 e. The first-order valence-electron chi connectivity index (χ1n) is 18.3. The lowest BCUT2D eigenvalue weighted by molar-refractivity contribution is 1.07. The van der Waals surface area contributed by atoms with E-state index in [1.54, 1.807) is 0 Å². The first-order chi connectivity index (χ1) is 26.8. The predicted octanol–water partition coefficient (Wildman–Crippen LogP) is 12.3. The second kappa shape index (κ2) is 11.1. The molecule has 250 valence electrons. The van der Waals surface area contributed by atoms with Crippen molar-refractivity contribution in [2.75, 3.05) is 0 Å². The van der Waals surface area contributed by atoms with E-state index in [0.717, 1.165) is 27.7 Å². The maximum absolute atomic E-state index is 5.11. The van der Waals surface area contributed by atoms with Crippen LogP contribution in [0.15, 0.2) is 176 Å². The van der Waals surface area contributed by atoms with E-state index in [1.807, 2.05) is 36.4 Å². The minimum atomic E-state index is 0.637. The molecule has 12 rings (SSSR count). The van der Waals surface area contributed by atoms with E-state index in [9.17, 15) is 0 Å². The van der Waals surface area contributed by atoms with Crippen molar-refractivity contribution in [2.45, 2.75) is 0 Å². The standard InChI is InChI=1S/C49H29N5/c1-3-14-31(15-4-1)47-50-48(32-16-5-2-6-17-32)52-49(51-47)33-26-27-36-37-20-11-21-39-40-28-25-30-13-7-8-18-34(30)44(40)54-41-23-10-9-19-35(41)38-22-12-24-42(46(38)54)53(45(37)39)43(36)29-33/h1-29H. The molecule has 5 nitrogen and oxygen atoms in total. The van der Waals surface area contributed by atoms with Gasteiger partial charge in [0.15, 0.2) is 17.5 Å². The van der Waals surface area contributed by atoms with E-state index in [2.05, 4.69) is 148 Å². The van der Waals surface area contributed by atoms with Gasteiger partial charge in [0.05, 0.1) is 33.1 Å². The molecule has 0 unspecified atom stereocenters. The lowest BCUT2D eigenvalue weighted by Crippen LogP contribution is -2.00. The molecule has 0 aliphatic heterocycles. The minimum Gasteiger partial charge on any atom is -0.306 e. The molecular formula is C49H29N5. The largest absolute Gasteiger partial charge is 0.306 e. The molecule has 0 bridgehead atoms. The van der Waals surface area contributed by atoms with Gasteiger partial charge in [0, 0.05) is 54.4 Å². The van der Waals surface area contributed by atoms with Crippen LogP contribution in [-0.4, -0.2) is 23.8 Å². The molecular weight excluding hydrogens is 659 g/mol. The summed E-state index contributed by atoms with van der Waals surface area (Å²) in [5.74, 6) is 1.93. The second-order valence-electron chi connectivity index (χ2n) is 14.0. The Morgan fingerprint density at radius 2 is 0.759 bits per heavy atom. The third-order valence-corrected chi connectivity index (χ3v) is 11.1. The summed E-state index contributed by atoms with van der Waals surface area (Å²) in [4.78, 5) is 15.2. The van der Waals surface area contributed by atoms with E-state index < -0.39 is 0 Å². The van der Waals surface area contributed by atoms with E-state index >= 15 is 0 Å². The first kappa shape index (κ1) is 29.2. The highest BCUT2D eigenvalue weighted by molar-refractivity contribution is 6.26. The van der Waals surface area contributed by atoms with E-state index in [0.29, 0.717) is 17.5 Å². The summed E-state index contributed by atoms with van der Waals surface area (Å²) >= 11 is 0. The van der Waals surface area contributed by atoms with E-state index in [-0.39, 0.29) is 0 Å². The summed E-state index contributed by atoms with van der Waals surface area (Å²) in [6.07, 6.45) is 0. The predicted molar refractivity (Wildman–Crippen MR) is 223 cm³/mol. The van der Waals surface area contributed by atoms with Gasteiger partial charge >= 0.3 is 0 Å². The molecule has 0 saturated carbocycles. The van der Waals surface area contributed by atoms with E-state index in [4.69, 9.17) is 15.0 Å². The molecule has 0 amide bonds. The Labute approximate surface area is 309 Å². The zero-order chi connectivity index (χ0) is 35.3. The number of rotatable bonds is 3. The topological polar surface area (TPSA) is 47.5 Å². The average molecular weight is 688 g/mol. The van der Waals surface area contributed by atoms with Gasteiger partial charge in [0.1, 0.15) is 0 Å². The molecule has 0 atom stereocenters. The third kappa shape index (κ3) is 4.06. The van der Waals surface area contributed by atoms with Crippen molar-refractivity contribution in [2.24, 2.45) is 0 Å². The molecule has 0 fully saturated rings. The lowest BCUT2D eigenvalue weighted by Gasteiger charge is -2.13. The molecule has 0 spiro atoms. The number of benzene rings is 8. The number of fused-ring (bicyclic) bond motifs is 12. The van der Waals surface area contributed by atoms with Crippen LogP contribution in [0.3, 0.4) is 0 Å². The number of hydrogen-bond donors (Lipinski definition) is 0. The number of hydrogen-bond acceptors (Lipinski definition) is 3. The van der Waals surface area contributed by atoms with Crippen LogP contribution in [0.5, 0.6) is 0 Å². The molecule has 0 aliphatic carbocycles. The van der Waals surface area contributed by atoms with Crippen LogP contribution in [0, 0.1) is 0 Å². The molecule has 5 heteroatoms. The molecule has 0 saturated heterocycles. The summed E-state index contributed by atoms with van der Waals surface area (Å²) in [6, 6.07) is 62.7. The van der Waals surface area contributed by atoms with Gasteiger partial charge in [0.25, 0.3) is 0 Å². The zero-order valence-electron chi connectivity index (χ0n) is 29.0. The number of aromatic nitrogens is 5. The Morgan fingerprint density at radius 1 is 0.278 bits per heavy atom. The fraction of sp³-hybridized carbons (Fsp3) is 0. The fourth-order valence-electron chi connectivity index (χ4n) is 8.74. The van der Waals surface area contributed by atoms with Crippen LogP contribution in [0.25, 0.3) is 110 Å². The number of nitrogens with zero attached hydrogens (tertiary/aromatic N) is 5. The maximum atomic E-state index is 5.11. The van der Waals surface area contributed by atoms with Gasteiger partial charge in [-0.15, -0.1) is 0 Å². The van der Waals surface area contributed by atoms with Gasteiger partial charge in [-0.2, -0.15) is 0 Å². The first-order valence-corrected chi connectivity index (χ1v) is 18.3. The fourth-order valence-corrected chi connectivity index (χ4v) is 8.74. The van der Waals surface area contributed by atoms with Crippen molar-refractivity contribution in [3.8, 4) is 34.2 Å². The highest BCUT2D eigenvalue weighted by Crippen LogP contribution is 2.42. The zero-order valence-corrected chi connectivity index (χ0v) is 29.0. The Kier molecular flexibility index (Phi) is 5.99. The second-order valence-corrected chi connectivity index (χ2v) is 14.0. The van der Waals surface area contributed by atoms with Crippen LogP contribution >= 0.6 is 0 Å². The highest BCUT2D eigenvalue weighted by atomic mass is 15.0. The van der Waals surface area contributed by atoms with Gasteiger partial charge in [-0.1, -0.05) is 158 Å². The Morgan fingerprint density at radius 3 is 1.50 bits per heavy atom. The Bertz CT molecular complexity index is 3430. The highest BCUT2D eigenvalue weighted by Gasteiger charge is 2.21. The van der Waals surface area contributed by atoms with Crippen molar-refractivity contribution in [1.29, 1.82) is 0 Å². The van der Waals surface area contributed by atoms with E-state index in [1.165, 1.54) is 65.2 Å². The van der Waals surface area contributed by atoms with Crippen molar-refractivity contribution >= 4 is 76.2 Å². The van der Waals surface area contributed by atoms with Crippen molar-refractivity contribution in [3.05, 3.63) is 176 Å². The van der Waals surface area contributed by atoms with Gasteiger partial charge in [-0.3, -0.25) is 0 Å². The smallest absolute Gasteiger partial charge is 0.164 e. The summed E-state index contributed by atoms with van der Waals surface area (Å²) in [5, 5.41) is 9.71. The summed E-state index contributed by atoms with van der Waals surface area (Å²) in [6.45, 7) is 0. The third-order valence-electron chi connectivity index (χ3n) is 11.1. The van der Waals surface area contributed by atoms with Crippen LogP contribution in [0.2, 0.25) is 0 Å². The summed E-state index contributed by atoms with van der Waals surface area (Å²) in [7, 11) is 0. The Hall–Kier alpha value is -7.37. The normalized spacial score (nSPS) is 12.1. The summed E-state index contributed by atoms with van der Waals surface area (Å²) < 4.78 is 5.00. The van der Waals surface area contributed by atoms with Crippen LogP contribution in [-0.2, 0) is 0 Å². The SMILES string of the molecule is c1ccc(-c2nc(-c3ccccc3)nc(-c3ccc4c5cccc6c7ccc8ccccc8c7n7c8ccccc8c8cccc(c87)n(c4c3)c56)n2)cc1. The van der Waals surface area contributed by atoms with Crippen molar-refractivity contribution in [1.82, 2.24) is 23.8 Å². The molecule has 0 N–H and O–H groups in total. The minimum absolute atomic E-state index is 0.637. The average Bonchev–Trinajstić information content (AvgIpc) is 3.76. The monoisotopic (exact) mass is 687 g/mol. The molecule has 0 radical (unpaired) electrons. The van der Waals surface area contributed by atoms with Gasteiger partial charge in [-0.25, -0.2) is 15.0 Å². The molecule has 4 heterocycles. The quantitative estimate of drug-likeness (QED) is 0.186. The Balaban J connectivity index is 1.27. The van der Waals surface area contributed by atoms with Gasteiger partial charge in [0.2, 0.25) is 0 Å². The molecule has 12 aromatic rings. The lowest BCUT2D eigenvalue weighted by atomic mass is 10.0. The molecule has 8 aromatic carbocycles. The summed E-state index contributed by atoms with van der Waals surface area (Å²) in [5.41, 5.74) is 9.85.